The summed E-state index contributed by atoms with van der Waals surface area (Å²) in [6, 6.07) is 7.36. The normalized spacial score (nSPS) is 11.4. The summed E-state index contributed by atoms with van der Waals surface area (Å²) in [6.45, 7) is 2.16. The van der Waals surface area contributed by atoms with Crippen molar-refractivity contribution < 1.29 is 17.6 Å². The zero-order valence-electron chi connectivity index (χ0n) is 10.6. The Morgan fingerprint density at radius 2 is 1.85 bits per heavy atom. The third-order valence-electron chi connectivity index (χ3n) is 2.66. The molecule has 2 aromatic rings. The fourth-order valence-corrected chi connectivity index (χ4v) is 1.77. The number of nitrogens with zero attached hydrogens (tertiary/aromatic N) is 1. The fraction of sp³-hybridized carbons (Fsp3) is 0.214. The van der Waals surface area contributed by atoms with Crippen LogP contribution in [0, 0.1) is 5.82 Å². The van der Waals surface area contributed by atoms with Gasteiger partial charge < -0.3 is 5.32 Å². The van der Waals surface area contributed by atoms with Gasteiger partial charge in [-0.2, -0.15) is 13.2 Å². The first-order valence-corrected chi connectivity index (χ1v) is 6.00. The Morgan fingerprint density at radius 3 is 2.45 bits per heavy atom. The molecule has 0 radical (unpaired) electrons. The number of pyridine rings is 1. The van der Waals surface area contributed by atoms with Crippen LogP contribution in [0.5, 0.6) is 0 Å². The molecule has 1 aromatic carbocycles. The van der Waals surface area contributed by atoms with Crippen LogP contribution in [0.4, 0.5) is 23.4 Å². The Balaban J connectivity index is 2.58. The number of alkyl halides is 3. The highest BCUT2D eigenvalue weighted by Gasteiger charge is 2.32. The van der Waals surface area contributed by atoms with Gasteiger partial charge in [0.2, 0.25) is 0 Å². The van der Waals surface area contributed by atoms with Gasteiger partial charge in [-0.05, 0) is 31.2 Å². The van der Waals surface area contributed by atoms with Crippen molar-refractivity contribution in [2.75, 3.05) is 11.9 Å². The summed E-state index contributed by atoms with van der Waals surface area (Å²) in [5, 5.41) is 2.72. The van der Waals surface area contributed by atoms with Crippen molar-refractivity contribution in [3.05, 3.63) is 47.8 Å². The average Bonchev–Trinajstić information content (AvgIpc) is 2.38. The molecule has 1 heterocycles. The van der Waals surface area contributed by atoms with E-state index in [4.69, 9.17) is 0 Å². The Hall–Kier alpha value is -2.11. The van der Waals surface area contributed by atoms with Crippen molar-refractivity contribution in [3.63, 3.8) is 0 Å². The summed E-state index contributed by atoms with van der Waals surface area (Å²) in [5.74, 6) is -0.539. The Labute approximate surface area is 113 Å². The van der Waals surface area contributed by atoms with E-state index in [9.17, 15) is 17.6 Å². The zero-order chi connectivity index (χ0) is 14.8. The monoisotopic (exact) mass is 284 g/mol. The molecule has 0 bridgehead atoms. The second kappa shape index (κ2) is 5.48. The first-order chi connectivity index (χ1) is 9.41. The highest BCUT2D eigenvalue weighted by Crippen LogP contribution is 2.33. The van der Waals surface area contributed by atoms with Crippen LogP contribution < -0.4 is 5.32 Å². The lowest BCUT2D eigenvalue weighted by Crippen LogP contribution is -2.09. The van der Waals surface area contributed by atoms with Crippen molar-refractivity contribution in [1.29, 1.82) is 0 Å². The number of aromatic nitrogens is 1. The molecule has 0 fully saturated rings. The van der Waals surface area contributed by atoms with Crippen molar-refractivity contribution >= 4 is 5.82 Å². The van der Waals surface area contributed by atoms with E-state index in [0.29, 0.717) is 6.54 Å². The van der Waals surface area contributed by atoms with Gasteiger partial charge in [0, 0.05) is 12.1 Å². The number of hydrogen-bond donors (Lipinski definition) is 1. The van der Waals surface area contributed by atoms with E-state index in [1.807, 2.05) is 0 Å². The molecule has 0 unspecified atom stereocenters. The quantitative estimate of drug-likeness (QED) is 0.848. The number of rotatable bonds is 3. The number of halogens is 4. The van der Waals surface area contributed by atoms with E-state index < -0.39 is 17.6 Å². The van der Waals surface area contributed by atoms with Gasteiger partial charge in [0.15, 0.2) is 0 Å². The molecule has 0 aliphatic rings. The molecular weight excluding hydrogens is 272 g/mol. The molecule has 6 heteroatoms. The fourth-order valence-electron chi connectivity index (χ4n) is 1.77. The van der Waals surface area contributed by atoms with Crippen molar-refractivity contribution in [2.24, 2.45) is 0 Å². The molecule has 0 aliphatic carbocycles. The van der Waals surface area contributed by atoms with Gasteiger partial charge in [0.1, 0.15) is 11.6 Å². The van der Waals surface area contributed by atoms with Crippen LogP contribution in [0.1, 0.15) is 12.5 Å². The maximum absolute atomic E-state index is 13.7. The van der Waals surface area contributed by atoms with Crippen LogP contribution in [0.2, 0.25) is 0 Å². The summed E-state index contributed by atoms with van der Waals surface area (Å²) in [7, 11) is 0. The molecule has 20 heavy (non-hydrogen) atoms. The smallest absolute Gasteiger partial charge is 0.370 e. The highest BCUT2D eigenvalue weighted by atomic mass is 19.4. The Morgan fingerprint density at radius 1 is 1.15 bits per heavy atom. The van der Waals surface area contributed by atoms with Crippen LogP contribution in [0.25, 0.3) is 11.3 Å². The minimum Gasteiger partial charge on any atom is -0.370 e. The summed E-state index contributed by atoms with van der Waals surface area (Å²) < 4.78 is 52.2. The molecule has 2 rings (SSSR count). The summed E-state index contributed by atoms with van der Waals surface area (Å²) >= 11 is 0. The van der Waals surface area contributed by atoms with Crippen LogP contribution in [0.3, 0.4) is 0 Å². The molecule has 0 spiro atoms. The lowest BCUT2D eigenvalue weighted by Gasteiger charge is -2.12. The average molecular weight is 284 g/mol. The third kappa shape index (κ3) is 3.07. The number of anilines is 1. The molecule has 106 valence electrons. The van der Waals surface area contributed by atoms with E-state index >= 15 is 0 Å². The van der Waals surface area contributed by atoms with Crippen LogP contribution in [-0.2, 0) is 6.18 Å². The van der Waals surface area contributed by atoms with Gasteiger partial charge in [-0.1, -0.05) is 12.1 Å². The third-order valence-corrected chi connectivity index (χ3v) is 2.66. The molecule has 0 aliphatic heterocycles. The van der Waals surface area contributed by atoms with Gasteiger partial charge >= 0.3 is 6.18 Å². The van der Waals surface area contributed by atoms with Crippen molar-refractivity contribution in [2.45, 2.75) is 13.1 Å². The van der Waals surface area contributed by atoms with Crippen LogP contribution in [0.15, 0.2) is 36.4 Å². The van der Waals surface area contributed by atoms with Gasteiger partial charge in [0.05, 0.1) is 11.3 Å². The topological polar surface area (TPSA) is 24.9 Å². The SMILES string of the molecule is CCNc1cc(C(F)(F)F)cc(-c2ccccc2F)n1. The number of nitrogens with one attached hydrogen (secondary N) is 1. The van der Waals surface area contributed by atoms with Crippen LogP contribution >= 0.6 is 0 Å². The van der Waals surface area contributed by atoms with E-state index in [0.717, 1.165) is 12.1 Å². The molecule has 1 N–H and O–H groups in total. The molecule has 1 aromatic heterocycles. The summed E-state index contributed by atoms with van der Waals surface area (Å²) in [5.41, 5.74) is -0.867. The van der Waals surface area contributed by atoms with Crippen LogP contribution in [-0.4, -0.2) is 11.5 Å². The predicted octanol–water partition coefficient (Wildman–Crippen LogP) is 4.34. The molecule has 0 atom stereocenters. The van der Waals surface area contributed by atoms with Gasteiger partial charge in [-0.15, -0.1) is 0 Å². The van der Waals surface area contributed by atoms with Gasteiger partial charge in [-0.25, -0.2) is 9.37 Å². The van der Waals surface area contributed by atoms with E-state index in [1.54, 1.807) is 13.0 Å². The Kier molecular flexibility index (Phi) is 3.92. The maximum Gasteiger partial charge on any atom is 0.416 e. The first kappa shape index (κ1) is 14.3. The zero-order valence-corrected chi connectivity index (χ0v) is 10.6. The second-order valence-electron chi connectivity index (χ2n) is 4.13. The van der Waals surface area contributed by atoms with E-state index in [-0.39, 0.29) is 17.1 Å². The van der Waals surface area contributed by atoms with E-state index in [2.05, 4.69) is 10.3 Å². The first-order valence-electron chi connectivity index (χ1n) is 6.00. The minimum absolute atomic E-state index is 0.0396. The van der Waals surface area contributed by atoms with Gasteiger partial charge in [0.25, 0.3) is 0 Å². The summed E-state index contributed by atoms with van der Waals surface area (Å²) in [4.78, 5) is 4.02. The predicted molar refractivity (Wildman–Crippen MR) is 68.8 cm³/mol. The summed E-state index contributed by atoms with van der Waals surface area (Å²) in [6.07, 6.45) is -4.51. The second-order valence-corrected chi connectivity index (χ2v) is 4.13. The Bertz CT molecular complexity index is 608. The molecule has 0 saturated heterocycles. The van der Waals surface area contributed by atoms with Crippen molar-refractivity contribution in [3.8, 4) is 11.3 Å². The van der Waals surface area contributed by atoms with Crippen molar-refractivity contribution in [1.82, 2.24) is 4.98 Å². The minimum atomic E-state index is -4.51. The molecule has 0 amide bonds. The number of hydrogen-bond acceptors (Lipinski definition) is 2. The molecule has 0 saturated carbocycles. The lowest BCUT2D eigenvalue weighted by molar-refractivity contribution is -0.137. The van der Waals surface area contributed by atoms with E-state index in [1.165, 1.54) is 18.2 Å². The molecule has 2 nitrogen and oxygen atoms in total. The standard InChI is InChI=1S/C14H12F4N2/c1-2-19-13-8-9(14(16,17)18)7-12(20-13)10-5-3-4-6-11(10)15/h3-8H,2H2,1H3,(H,19,20). The molecular formula is C14H12F4N2. The largest absolute Gasteiger partial charge is 0.416 e. The maximum atomic E-state index is 13.7. The van der Waals surface area contributed by atoms with Gasteiger partial charge in [-0.3, -0.25) is 0 Å². The lowest BCUT2D eigenvalue weighted by atomic mass is 10.1. The number of benzene rings is 1. The highest BCUT2D eigenvalue weighted by molar-refractivity contribution is 5.63.